The van der Waals surface area contributed by atoms with Crippen LogP contribution < -0.4 is 0 Å². The van der Waals surface area contributed by atoms with Crippen molar-refractivity contribution in [1.29, 1.82) is 5.26 Å². The van der Waals surface area contributed by atoms with Crippen LogP contribution in [0.3, 0.4) is 0 Å². The molecule has 4 nitrogen and oxygen atoms in total. The molecule has 0 aliphatic rings. The van der Waals surface area contributed by atoms with Crippen molar-refractivity contribution in [3.8, 4) is 23.1 Å². The second kappa shape index (κ2) is 3.91. The van der Waals surface area contributed by atoms with Gasteiger partial charge in [-0.25, -0.2) is 0 Å². The van der Waals surface area contributed by atoms with Gasteiger partial charge in [0.2, 0.25) is 0 Å². The van der Waals surface area contributed by atoms with E-state index in [1.807, 2.05) is 6.07 Å². The topological polar surface area (TPSA) is 74.2 Å². The summed E-state index contributed by atoms with van der Waals surface area (Å²) in [5, 5.41) is 18.6. The van der Waals surface area contributed by atoms with Crippen LogP contribution in [0.5, 0.6) is 5.75 Å². The van der Waals surface area contributed by atoms with Crippen molar-refractivity contribution in [2.24, 2.45) is 0 Å². The molecule has 0 unspecified atom stereocenters. The standard InChI is InChI=1S/C12H7NO3/c13-6-8-2-1-3-10(15)12(8)11-5-4-9(7-14)16-11/h1-5,7,15H. The van der Waals surface area contributed by atoms with E-state index in [0.29, 0.717) is 23.2 Å². The maximum atomic E-state index is 10.5. The van der Waals surface area contributed by atoms with E-state index >= 15 is 0 Å². The minimum absolute atomic E-state index is 0.0501. The number of hydrogen-bond donors (Lipinski definition) is 1. The van der Waals surface area contributed by atoms with Crippen LogP contribution >= 0.6 is 0 Å². The predicted octanol–water partition coefficient (Wildman–Crippen LogP) is 2.34. The lowest BCUT2D eigenvalue weighted by atomic mass is 10.1. The summed E-state index contributed by atoms with van der Waals surface area (Å²) in [6.45, 7) is 0. The molecular weight excluding hydrogens is 206 g/mol. The highest BCUT2D eigenvalue weighted by atomic mass is 16.3. The Bertz CT molecular complexity index is 578. The van der Waals surface area contributed by atoms with Crippen LogP contribution in [0.2, 0.25) is 0 Å². The first-order valence-corrected chi connectivity index (χ1v) is 4.53. The number of carbonyl (C=O) groups is 1. The lowest BCUT2D eigenvalue weighted by molar-refractivity contribution is 0.110. The lowest BCUT2D eigenvalue weighted by Gasteiger charge is -2.02. The normalized spacial score (nSPS) is 9.69. The molecule has 0 saturated heterocycles. The molecule has 4 heteroatoms. The van der Waals surface area contributed by atoms with Crippen molar-refractivity contribution in [3.63, 3.8) is 0 Å². The van der Waals surface area contributed by atoms with E-state index in [-0.39, 0.29) is 11.5 Å². The van der Waals surface area contributed by atoms with Crippen molar-refractivity contribution in [2.75, 3.05) is 0 Å². The molecule has 1 N–H and O–H groups in total. The van der Waals surface area contributed by atoms with E-state index in [9.17, 15) is 9.90 Å². The Balaban J connectivity index is 2.63. The molecule has 0 bridgehead atoms. The fraction of sp³-hybridized carbons (Fsp3) is 0. The van der Waals surface area contributed by atoms with Crippen molar-refractivity contribution < 1.29 is 14.3 Å². The minimum Gasteiger partial charge on any atom is -0.507 e. The van der Waals surface area contributed by atoms with Crippen LogP contribution in [-0.2, 0) is 0 Å². The summed E-state index contributed by atoms with van der Waals surface area (Å²) >= 11 is 0. The largest absolute Gasteiger partial charge is 0.507 e. The molecule has 78 valence electrons. The van der Waals surface area contributed by atoms with Gasteiger partial charge in [-0.2, -0.15) is 5.26 Å². The molecule has 2 rings (SSSR count). The van der Waals surface area contributed by atoms with Crippen LogP contribution in [0, 0.1) is 11.3 Å². The molecule has 0 saturated carbocycles. The highest BCUT2D eigenvalue weighted by Crippen LogP contribution is 2.33. The number of rotatable bonds is 2. The number of phenolic OH excluding ortho intramolecular Hbond substituents is 1. The summed E-state index contributed by atoms with van der Waals surface area (Å²) in [4.78, 5) is 10.5. The number of carbonyl (C=O) groups excluding carboxylic acids is 1. The summed E-state index contributed by atoms with van der Waals surface area (Å²) in [5.74, 6) is 0.407. The van der Waals surface area contributed by atoms with Gasteiger partial charge in [0.1, 0.15) is 17.6 Å². The van der Waals surface area contributed by atoms with Gasteiger partial charge in [0.05, 0.1) is 11.1 Å². The van der Waals surface area contributed by atoms with E-state index in [1.165, 1.54) is 12.1 Å². The molecule has 1 aromatic heterocycles. The van der Waals surface area contributed by atoms with Gasteiger partial charge in [-0.1, -0.05) is 6.07 Å². The summed E-state index contributed by atoms with van der Waals surface area (Å²) in [7, 11) is 0. The van der Waals surface area contributed by atoms with Gasteiger partial charge in [-0.05, 0) is 24.3 Å². The highest BCUT2D eigenvalue weighted by Gasteiger charge is 2.13. The number of nitrogens with zero attached hydrogens (tertiary/aromatic N) is 1. The number of benzene rings is 1. The van der Waals surface area contributed by atoms with E-state index < -0.39 is 0 Å². The van der Waals surface area contributed by atoms with E-state index in [1.54, 1.807) is 18.2 Å². The monoisotopic (exact) mass is 213 g/mol. The number of hydrogen-bond acceptors (Lipinski definition) is 4. The fourth-order valence-corrected chi connectivity index (χ4v) is 1.44. The average molecular weight is 213 g/mol. The Morgan fingerprint density at radius 1 is 1.31 bits per heavy atom. The molecule has 1 aromatic carbocycles. The Kier molecular flexibility index (Phi) is 2.44. The summed E-state index contributed by atoms with van der Waals surface area (Å²) in [5.41, 5.74) is 0.602. The second-order valence-electron chi connectivity index (χ2n) is 3.13. The van der Waals surface area contributed by atoms with Crippen LogP contribution in [0.15, 0.2) is 34.7 Å². The van der Waals surface area contributed by atoms with Crippen LogP contribution in [-0.4, -0.2) is 11.4 Å². The Hall–Kier alpha value is -2.54. The van der Waals surface area contributed by atoms with Crippen LogP contribution in [0.25, 0.3) is 11.3 Å². The Morgan fingerprint density at radius 3 is 2.75 bits per heavy atom. The van der Waals surface area contributed by atoms with Crippen molar-refractivity contribution in [3.05, 3.63) is 41.7 Å². The molecule has 16 heavy (non-hydrogen) atoms. The van der Waals surface area contributed by atoms with Crippen molar-refractivity contribution in [2.45, 2.75) is 0 Å². The molecular formula is C12H7NO3. The van der Waals surface area contributed by atoms with Gasteiger partial charge in [0.15, 0.2) is 12.0 Å². The molecule has 0 atom stereocenters. The van der Waals surface area contributed by atoms with Crippen LogP contribution in [0.4, 0.5) is 0 Å². The van der Waals surface area contributed by atoms with Gasteiger partial charge in [-0.15, -0.1) is 0 Å². The van der Waals surface area contributed by atoms with Gasteiger partial charge in [0.25, 0.3) is 0 Å². The highest BCUT2D eigenvalue weighted by molar-refractivity contribution is 5.76. The fourth-order valence-electron chi connectivity index (χ4n) is 1.44. The summed E-state index contributed by atoms with van der Waals surface area (Å²) < 4.78 is 5.16. The first-order valence-electron chi connectivity index (χ1n) is 4.53. The third-order valence-corrected chi connectivity index (χ3v) is 2.15. The molecule has 0 aliphatic carbocycles. The van der Waals surface area contributed by atoms with Gasteiger partial charge in [0, 0.05) is 0 Å². The van der Waals surface area contributed by atoms with E-state index in [2.05, 4.69) is 0 Å². The van der Waals surface area contributed by atoms with Gasteiger partial charge in [-0.3, -0.25) is 4.79 Å². The third-order valence-electron chi connectivity index (χ3n) is 2.15. The van der Waals surface area contributed by atoms with Crippen LogP contribution in [0.1, 0.15) is 16.1 Å². The molecule has 0 amide bonds. The molecule has 0 spiro atoms. The lowest BCUT2D eigenvalue weighted by Crippen LogP contribution is -1.83. The number of aromatic hydroxyl groups is 1. The first-order chi connectivity index (χ1) is 7.76. The Morgan fingerprint density at radius 2 is 2.12 bits per heavy atom. The molecule has 2 aromatic rings. The average Bonchev–Trinajstić information content (AvgIpc) is 2.76. The molecule has 0 radical (unpaired) electrons. The first kappa shape index (κ1) is 9.99. The summed E-state index contributed by atoms with van der Waals surface area (Å²) in [6, 6.07) is 9.57. The van der Waals surface area contributed by atoms with E-state index in [4.69, 9.17) is 9.68 Å². The zero-order valence-corrected chi connectivity index (χ0v) is 8.18. The third kappa shape index (κ3) is 1.55. The number of phenols is 1. The number of furan rings is 1. The SMILES string of the molecule is N#Cc1cccc(O)c1-c1ccc(C=O)o1. The van der Waals surface area contributed by atoms with Crippen molar-refractivity contribution in [1.82, 2.24) is 0 Å². The van der Waals surface area contributed by atoms with E-state index in [0.717, 1.165) is 0 Å². The Labute approximate surface area is 91.4 Å². The number of nitriles is 1. The quantitative estimate of drug-likeness (QED) is 0.777. The minimum atomic E-state index is -0.0501. The zero-order chi connectivity index (χ0) is 11.5. The molecule has 1 heterocycles. The smallest absolute Gasteiger partial charge is 0.185 e. The zero-order valence-electron chi connectivity index (χ0n) is 8.18. The number of aldehydes is 1. The summed E-state index contributed by atoms with van der Waals surface area (Å²) in [6.07, 6.45) is 0.565. The molecule has 0 aliphatic heterocycles. The molecule has 0 fully saturated rings. The van der Waals surface area contributed by atoms with Gasteiger partial charge >= 0.3 is 0 Å². The van der Waals surface area contributed by atoms with Crippen molar-refractivity contribution >= 4 is 6.29 Å². The predicted molar refractivity (Wildman–Crippen MR) is 55.9 cm³/mol. The maximum Gasteiger partial charge on any atom is 0.185 e. The van der Waals surface area contributed by atoms with Gasteiger partial charge < -0.3 is 9.52 Å². The second-order valence-corrected chi connectivity index (χ2v) is 3.13. The maximum absolute atomic E-state index is 10.5.